The molecule has 3 heterocycles. The minimum absolute atomic E-state index is 0.208. The number of hydrogen-bond acceptors (Lipinski definition) is 5. The molecule has 0 bridgehead atoms. The zero-order chi connectivity index (χ0) is 19.8. The maximum atomic E-state index is 12.9. The third-order valence-electron chi connectivity index (χ3n) is 5.18. The number of nitrogens with one attached hydrogen (secondary N) is 2. The Balaban J connectivity index is 1.55. The standard InChI is InChI=1S/C19H20N4O5/c1-28-8-2-6-23-18(26)12-4-3-11(9-13(12)19(23)27)17(25)22-7-5-15-14(10-22)16(24)21-20-15/h3-4,9H,2,5-8,10H2,1H3,(H2,20,21,24). The number of ether oxygens (including phenoxy) is 1. The van der Waals surface area contributed by atoms with Gasteiger partial charge in [-0.05, 0) is 24.6 Å². The van der Waals surface area contributed by atoms with Gasteiger partial charge in [-0.3, -0.25) is 29.2 Å². The Bertz CT molecular complexity index is 1020. The predicted octanol–water partition coefficient (Wildman–Crippen LogP) is 0.534. The number of carbonyl (C=O) groups excluding carboxylic acids is 3. The highest BCUT2D eigenvalue weighted by Gasteiger charge is 2.36. The van der Waals surface area contributed by atoms with E-state index < -0.39 is 5.91 Å². The first kappa shape index (κ1) is 18.2. The van der Waals surface area contributed by atoms with E-state index in [4.69, 9.17) is 4.74 Å². The third kappa shape index (κ3) is 2.93. The van der Waals surface area contributed by atoms with E-state index in [1.54, 1.807) is 18.1 Å². The number of carbonyl (C=O) groups is 3. The monoisotopic (exact) mass is 384 g/mol. The summed E-state index contributed by atoms with van der Waals surface area (Å²) in [4.78, 5) is 52.6. The number of aromatic amines is 2. The predicted molar refractivity (Wildman–Crippen MR) is 98.2 cm³/mol. The van der Waals surface area contributed by atoms with Crippen LogP contribution >= 0.6 is 0 Å². The Kier molecular flexibility index (Phi) is 4.60. The third-order valence-corrected chi connectivity index (χ3v) is 5.18. The number of imide groups is 1. The van der Waals surface area contributed by atoms with Gasteiger partial charge in [-0.15, -0.1) is 0 Å². The van der Waals surface area contributed by atoms with Crippen LogP contribution in [-0.4, -0.2) is 64.5 Å². The molecule has 0 saturated heterocycles. The Hall–Kier alpha value is -3.20. The minimum atomic E-state index is -0.395. The maximum absolute atomic E-state index is 12.9. The Morgan fingerprint density at radius 1 is 1.14 bits per heavy atom. The van der Waals surface area contributed by atoms with Crippen LogP contribution in [0.4, 0.5) is 0 Å². The first-order chi connectivity index (χ1) is 13.5. The highest BCUT2D eigenvalue weighted by molar-refractivity contribution is 6.22. The number of nitrogens with zero attached hydrogens (tertiary/aromatic N) is 2. The topological polar surface area (TPSA) is 116 Å². The molecule has 9 heteroatoms. The molecule has 2 aliphatic heterocycles. The SMILES string of the molecule is COCCCN1C(=O)c2ccc(C(=O)N3CCc4[nH][nH]c(=O)c4C3)cc2C1=O. The number of H-pyrrole nitrogens is 2. The van der Waals surface area contributed by atoms with Crippen LogP contribution in [-0.2, 0) is 17.7 Å². The van der Waals surface area contributed by atoms with Gasteiger partial charge >= 0.3 is 0 Å². The summed E-state index contributed by atoms with van der Waals surface area (Å²) in [5.41, 5.74) is 2.02. The smallest absolute Gasteiger partial charge is 0.269 e. The summed E-state index contributed by atoms with van der Waals surface area (Å²) in [7, 11) is 1.56. The molecule has 0 aliphatic carbocycles. The van der Waals surface area contributed by atoms with Crippen LogP contribution in [0.1, 0.15) is 48.8 Å². The van der Waals surface area contributed by atoms with Gasteiger partial charge in [-0.1, -0.05) is 0 Å². The summed E-state index contributed by atoms with van der Waals surface area (Å²) in [5, 5.41) is 5.36. The van der Waals surface area contributed by atoms with Crippen LogP contribution in [0.3, 0.4) is 0 Å². The van der Waals surface area contributed by atoms with Gasteiger partial charge in [0.1, 0.15) is 0 Å². The normalized spacial score (nSPS) is 15.8. The van der Waals surface area contributed by atoms with Crippen molar-refractivity contribution >= 4 is 17.7 Å². The highest BCUT2D eigenvalue weighted by Crippen LogP contribution is 2.25. The Labute approximate surface area is 160 Å². The van der Waals surface area contributed by atoms with E-state index in [1.807, 2.05) is 0 Å². The molecule has 0 spiro atoms. The average Bonchev–Trinajstić information content (AvgIpc) is 3.20. The van der Waals surface area contributed by atoms with Crippen LogP contribution in [0.5, 0.6) is 0 Å². The molecule has 0 unspecified atom stereocenters. The number of amides is 3. The van der Waals surface area contributed by atoms with E-state index in [-0.39, 0.29) is 36.0 Å². The van der Waals surface area contributed by atoms with E-state index >= 15 is 0 Å². The lowest BCUT2D eigenvalue weighted by Crippen LogP contribution is -2.37. The summed E-state index contributed by atoms with van der Waals surface area (Å²) in [5.74, 6) is -1.02. The van der Waals surface area contributed by atoms with Crippen molar-refractivity contribution < 1.29 is 19.1 Å². The molecular weight excluding hydrogens is 364 g/mol. The van der Waals surface area contributed by atoms with E-state index in [2.05, 4.69) is 10.2 Å². The van der Waals surface area contributed by atoms with Crippen LogP contribution in [0, 0.1) is 0 Å². The minimum Gasteiger partial charge on any atom is -0.385 e. The second kappa shape index (κ2) is 7.08. The summed E-state index contributed by atoms with van der Waals surface area (Å²) in [6.07, 6.45) is 1.10. The fraction of sp³-hybridized carbons (Fsp3) is 0.368. The van der Waals surface area contributed by atoms with Gasteiger partial charge in [0.25, 0.3) is 23.3 Å². The van der Waals surface area contributed by atoms with Crippen LogP contribution in [0.2, 0.25) is 0 Å². The molecule has 2 N–H and O–H groups in total. The van der Waals surface area contributed by atoms with E-state index in [9.17, 15) is 19.2 Å². The van der Waals surface area contributed by atoms with Gasteiger partial charge in [0.2, 0.25) is 0 Å². The van der Waals surface area contributed by atoms with Crippen molar-refractivity contribution in [3.63, 3.8) is 0 Å². The van der Waals surface area contributed by atoms with Crippen molar-refractivity contribution in [1.29, 1.82) is 0 Å². The highest BCUT2D eigenvalue weighted by atomic mass is 16.5. The summed E-state index contributed by atoms with van der Waals surface area (Å²) < 4.78 is 4.97. The molecule has 0 fully saturated rings. The van der Waals surface area contributed by atoms with Crippen molar-refractivity contribution in [2.75, 3.05) is 26.8 Å². The molecule has 146 valence electrons. The van der Waals surface area contributed by atoms with E-state index in [0.29, 0.717) is 42.7 Å². The van der Waals surface area contributed by atoms with Crippen molar-refractivity contribution in [2.24, 2.45) is 0 Å². The van der Waals surface area contributed by atoms with Crippen LogP contribution in [0.15, 0.2) is 23.0 Å². The fourth-order valence-electron chi connectivity index (χ4n) is 3.67. The maximum Gasteiger partial charge on any atom is 0.269 e. The van der Waals surface area contributed by atoms with Crippen molar-refractivity contribution in [2.45, 2.75) is 19.4 Å². The number of methoxy groups -OCH3 is 1. The van der Waals surface area contributed by atoms with Crippen LogP contribution in [0.25, 0.3) is 0 Å². The summed E-state index contributed by atoms with van der Waals surface area (Å²) >= 11 is 0. The van der Waals surface area contributed by atoms with Crippen molar-refractivity contribution in [1.82, 2.24) is 20.0 Å². The second-order valence-corrected chi connectivity index (χ2v) is 6.88. The molecule has 1 aromatic heterocycles. The molecule has 2 aromatic rings. The molecule has 3 amide bonds. The van der Waals surface area contributed by atoms with E-state index in [1.165, 1.54) is 17.0 Å². The van der Waals surface area contributed by atoms with Crippen LogP contribution < -0.4 is 5.56 Å². The molecule has 28 heavy (non-hydrogen) atoms. The van der Waals surface area contributed by atoms with Gasteiger partial charge in [-0.2, -0.15) is 0 Å². The number of benzene rings is 1. The van der Waals surface area contributed by atoms with Crippen molar-refractivity contribution in [3.05, 3.63) is 56.5 Å². The van der Waals surface area contributed by atoms with E-state index in [0.717, 1.165) is 5.69 Å². The molecule has 4 rings (SSSR count). The molecular formula is C19H20N4O5. The Morgan fingerprint density at radius 3 is 2.71 bits per heavy atom. The molecule has 0 saturated carbocycles. The number of aromatic nitrogens is 2. The lowest BCUT2D eigenvalue weighted by molar-refractivity contribution is 0.0638. The molecule has 0 atom stereocenters. The first-order valence-electron chi connectivity index (χ1n) is 9.08. The number of hydrogen-bond donors (Lipinski definition) is 2. The summed E-state index contributed by atoms with van der Waals surface area (Å²) in [6, 6.07) is 4.56. The Morgan fingerprint density at radius 2 is 1.93 bits per heavy atom. The molecule has 9 nitrogen and oxygen atoms in total. The zero-order valence-corrected chi connectivity index (χ0v) is 15.4. The number of fused-ring (bicyclic) bond motifs is 2. The fourth-order valence-corrected chi connectivity index (χ4v) is 3.67. The average molecular weight is 384 g/mol. The van der Waals surface area contributed by atoms with Gasteiger partial charge in [0.15, 0.2) is 0 Å². The molecule has 2 aliphatic rings. The van der Waals surface area contributed by atoms with Gasteiger partial charge < -0.3 is 14.7 Å². The van der Waals surface area contributed by atoms with Crippen molar-refractivity contribution in [3.8, 4) is 0 Å². The first-order valence-corrected chi connectivity index (χ1v) is 9.08. The quantitative estimate of drug-likeness (QED) is 0.576. The number of rotatable bonds is 5. The largest absolute Gasteiger partial charge is 0.385 e. The van der Waals surface area contributed by atoms with Gasteiger partial charge in [0, 0.05) is 44.5 Å². The lowest BCUT2D eigenvalue weighted by atomic mass is 10.0. The van der Waals surface area contributed by atoms with Gasteiger partial charge in [0.05, 0.1) is 23.2 Å². The summed E-state index contributed by atoms with van der Waals surface area (Å²) in [6.45, 7) is 1.40. The van der Waals surface area contributed by atoms with Gasteiger partial charge in [-0.25, -0.2) is 0 Å². The molecule has 0 radical (unpaired) electrons. The second-order valence-electron chi connectivity index (χ2n) is 6.88. The zero-order valence-electron chi connectivity index (χ0n) is 15.4. The molecule has 1 aromatic carbocycles. The lowest BCUT2D eigenvalue weighted by Gasteiger charge is -2.26.